The predicted molar refractivity (Wildman–Crippen MR) is 89.4 cm³/mol. The van der Waals surface area contributed by atoms with Gasteiger partial charge in [-0.3, -0.25) is 0 Å². The van der Waals surface area contributed by atoms with Crippen molar-refractivity contribution in [2.75, 3.05) is 6.54 Å². The molecule has 0 amide bonds. The van der Waals surface area contributed by atoms with Crippen LogP contribution in [0.2, 0.25) is 0 Å². The molecule has 0 saturated heterocycles. The molecular weight excluding hydrogens is 258 g/mol. The number of aliphatic hydroxyl groups is 1. The van der Waals surface area contributed by atoms with Crippen molar-refractivity contribution in [3.8, 4) is 0 Å². The summed E-state index contributed by atoms with van der Waals surface area (Å²) in [4.78, 5) is 0. The zero-order valence-corrected chi connectivity index (χ0v) is 13.9. The van der Waals surface area contributed by atoms with E-state index in [1.165, 1.54) is 12.0 Å². The zero-order valence-electron chi connectivity index (χ0n) is 13.9. The van der Waals surface area contributed by atoms with Crippen molar-refractivity contribution in [2.45, 2.75) is 70.9 Å². The van der Waals surface area contributed by atoms with Crippen molar-refractivity contribution in [1.82, 2.24) is 5.32 Å². The van der Waals surface area contributed by atoms with Crippen molar-refractivity contribution in [1.29, 1.82) is 0 Å². The highest BCUT2D eigenvalue weighted by atomic mass is 16.3. The number of benzene rings is 1. The number of nitrogens with one attached hydrogen (secondary N) is 1. The van der Waals surface area contributed by atoms with Crippen LogP contribution in [0.5, 0.6) is 0 Å². The second-order valence-electron chi connectivity index (χ2n) is 7.06. The first-order valence-electron chi connectivity index (χ1n) is 8.58. The van der Waals surface area contributed by atoms with Crippen LogP contribution in [-0.4, -0.2) is 17.7 Å². The second-order valence-corrected chi connectivity index (χ2v) is 7.06. The van der Waals surface area contributed by atoms with E-state index in [4.69, 9.17) is 0 Å². The van der Waals surface area contributed by atoms with Crippen LogP contribution in [0.15, 0.2) is 24.3 Å². The first-order chi connectivity index (χ1) is 10.0. The molecule has 2 heteroatoms. The monoisotopic (exact) mass is 289 g/mol. The summed E-state index contributed by atoms with van der Waals surface area (Å²) in [7, 11) is 0. The molecule has 21 heavy (non-hydrogen) atoms. The van der Waals surface area contributed by atoms with Gasteiger partial charge in [-0.15, -0.1) is 0 Å². The maximum Gasteiger partial charge on any atom is 0.0897 e. The fourth-order valence-electron chi connectivity index (χ4n) is 3.40. The van der Waals surface area contributed by atoms with E-state index in [9.17, 15) is 5.11 Å². The second kappa shape index (κ2) is 7.42. The molecule has 118 valence electrons. The van der Waals surface area contributed by atoms with Crippen LogP contribution in [0.4, 0.5) is 0 Å². The van der Waals surface area contributed by atoms with Gasteiger partial charge in [0.25, 0.3) is 0 Å². The van der Waals surface area contributed by atoms with Crippen LogP contribution in [0, 0.1) is 5.92 Å². The third kappa shape index (κ3) is 4.55. The van der Waals surface area contributed by atoms with Gasteiger partial charge in [-0.25, -0.2) is 0 Å². The normalized spacial score (nSPS) is 26.2. The van der Waals surface area contributed by atoms with E-state index in [0.29, 0.717) is 12.0 Å². The van der Waals surface area contributed by atoms with Gasteiger partial charge in [-0.2, -0.15) is 0 Å². The van der Waals surface area contributed by atoms with Crippen LogP contribution < -0.4 is 5.32 Å². The molecule has 0 heterocycles. The fraction of sp³-hybridized carbons (Fsp3) is 0.684. The molecule has 0 aliphatic heterocycles. The van der Waals surface area contributed by atoms with Crippen molar-refractivity contribution in [3.63, 3.8) is 0 Å². The molecule has 1 fully saturated rings. The molecule has 1 saturated carbocycles. The minimum absolute atomic E-state index is 0.587. The Morgan fingerprint density at radius 3 is 2.62 bits per heavy atom. The summed E-state index contributed by atoms with van der Waals surface area (Å²) in [6.45, 7) is 7.78. The Bertz CT molecular complexity index is 433. The molecule has 1 aliphatic carbocycles. The van der Waals surface area contributed by atoms with Gasteiger partial charge in [-0.05, 0) is 62.1 Å². The van der Waals surface area contributed by atoms with E-state index in [1.54, 1.807) is 0 Å². The zero-order chi connectivity index (χ0) is 15.3. The summed E-state index contributed by atoms with van der Waals surface area (Å²) >= 11 is 0. The van der Waals surface area contributed by atoms with Crippen LogP contribution >= 0.6 is 0 Å². The molecule has 1 aliphatic rings. The Morgan fingerprint density at radius 2 is 2.00 bits per heavy atom. The summed E-state index contributed by atoms with van der Waals surface area (Å²) < 4.78 is 0. The average molecular weight is 289 g/mol. The molecule has 0 aromatic heterocycles. The lowest BCUT2D eigenvalue weighted by Gasteiger charge is -2.37. The highest BCUT2D eigenvalue weighted by molar-refractivity contribution is 5.29. The first kappa shape index (κ1) is 16.5. The molecule has 2 N–H and O–H groups in total. The minimum atomic E-state index is -0.614. The topological polar surface area (TPSA) is 32.3 Å². The average Bonchev–Trinajstić information content (AvgIpc) is 2.46. The maximum atomic E-state index is 11.0. The van der Waals surface area contributed by atoms with Crippen molar-refractivity contribution < 1.29 is 5.11 Å². The van der Waals surface area contributed by atoms with Crippen molar-refractivity contribution >= 4 is 0 Å². The lowest BCUT2D eigenvalue weighted by Crippen LogP contribution is -2.40. The summed E-state index contributed by atoms with van der Waals surface area (Å²) in [5, 5.41) is 14.6. The molecule has 2 rings (SSSR count). The van der Waals surface area contributed by atoms with Crippen LogP contribution in [0.1, 0.15) is 64.0 Å². The van der Waals surface area contributed by atoms with Gasteiger partial charge in [-0.1, -0.05) is 45.0 Å². The molecule has 1 aromatic rings. The Hall–Kier alpha value is -0.860. The van der Waals surface area contributed by atoms with Crippen molar-refractivity contribution in [3.05, 3.63) is 35.4 Å². The van der Waals surface area contributed by atoms with E-state index in [1.807, 2.05) is 0 Å². The van der Waals surface area contributed by atoms with Crippen LogP contribution in [-0.2, 0) is 12.0 Å². The number of hydrogen-bond donors (Lipinski definition) is 2. The summed E-state index contributed by atoms with van der Waals surface area (Å²) in [6.07, 6.45) is 6.16. The van der Waals surface area contributed by atoms with Gasteiger partial charge in [0.05, 0.1) is 5.60 Å². The highest BCUT2D eigenvalue weighted by Gasteiger charge is 2.34. The van der Waals surface area contributed by atoms with E-state index in [2.05, 4.69) is 50.4 Å². The number of rotatable bonds is 6. The van der Waals surface area contributed by atoms with E-state index in [-0.39, 0.29) is 0 Å². The minimum Gasteiger partial charge on any atom is -0.385 e. The van der Waals surface area contributed by atoms with Gasteiger partial charge in [0.1, 0.15) is 0 Å². The predicted octanol–water partition coefficient (Wildman–Crippen LogP) is 4.01. The lowest BCUT2D eigenvalue weighted by atomic mass is 9.77. The Kier molecular flexibility index (Phi) is 5.83. The fourth-order valence-corrected chi connectivity index (χ4v) is 3.40. The molecule has 0 radical (unpaired) electrons. The van der Waals surface area contributed by atoms with Gasteiger partial charge in [0, 0.05) is 6.04 Å². The van der Waals surface area contributed by atoms with Crippen molar-refractivity contribution in [2.24, 2.45) is 5.92 Å². The third-order valence-corrected chi connectivity index (χ3v) is 4.60. The molecule has 1 aromatic carbocycles. The smallest absolute Gasteiger partial charge is 0.0897 e. The molecule has 0 unspecified atom stereocenters. The molecule has 0 atom stereocenters. The maximum absolute atomic E-state index is 11.0. The van der Waals surface area contributed by atoms with E-state index >= 15 is 0 Å². The standard InChI is InChI=1S/C19H31NO/c1-4-12-20-18-8-10-19(21,11-9-18)17-7-5-6-16(14-17)13-15(2)3/h5-7,14-15,18,20-21H,4,8-13H2,1-3H3. The van der Waals surface area contributed by atoms with Gasteiger partial charge in [0.15, 0.2) is 0 Å². The summed E-state index contributed by atoms with van der Waals surface area (Å²) in [5.74, 6) is 0.656. The quantitative estimate of drug-likeness (QED) is 0.829. The largest absolute Gasteiger partial charge is 0.385 e. The first-order valence-corrected chi connectivity index (χ1v) is 8.58. The van der Waals surface area contributed by atoms with E-state index in [0.717, 1.165) is 44.2 Å². The summed E-state index contributed by atoms with van der Waals surface area (Å²) in [6, 6.07) is 9.20. The molecule has 2 nitrogen and oxygen atoms in total. The number of hydrogen-bond acceptors (Lipinski definition) is 2. The van der Waals surface area contributed by atoms with E-state index < -0.39 is 5.60 Å². The van der Waals surface area contributed by atoms with Crippen LogP contribution in [0.25, 0.3) is 0 Å². The van der Waals surface area contributed by atoms with Gasteiger partial charge >= 0.3 is 0 Å². The molecule has 0 spiro atoms. The van der Waals surface area contributed by atoms with Gasteiger partial charge < -0.3 is 10.4 Å². The highest BCUT2D eigenvalue weighted by Crippen LogP contribution is 2.37. The Morgan fingerprint density at radius 1 is 1.29 bits per heavy atom. The van der Waals surface area contributed by atoms with Gasteiger partial charge in [0.2, 0.25) is 0 Å². The third-order valence-electron chi connectivity index (χ3n) is 4.60. The van der Waals surface area contributed by atoms with Crippen LogP contribution in [0.3, 0.4) is 0 Å². The SMILES string of the molecule is CCCNC1CCC(O)(c2cccc(CC(C)C)c2)CC1. The Labute approximate surface area is 130 Å². The lowest BCUT2D eigenvalue weighted by molar-refractivity contribution is -0.00833. The summed E-state index contributed by atoms with van der Waals surface area (Å²) in [5.41, 5.74) is 1.86. The molecular formula is C19H31NO. The Balaban J connectivity index is 2.01. The molecule has 0 bridgehead atoms.